The van der Waals surface area contributed by atoms with Gasteiger partial charge in [0.15, 0.2) is 0 Å². The maximum absolute atomic E-state index is 13.5. The smallest absolute Gasteiger partial charge is 0.322 e. The van der Waals surface area contributed by atoms with Gasteiger partial charge in [-0.25, -0.2) is 9.48 Å². The van der Waals surface area contributed by atoms with Gasteiger partial charge in [-0.05, 0) is 42.7 Å². The van der Waals surface area contributed by atoms with Crippen LogP contribution >= 0.6 is 0 Å². The lowest BCUT2D eigenvalue weighted by atomic mass is 9.84. The number of benzene rings is 2. The molecule has 1 aromatic heterocycles. The second kappa shape index (κ2) is 8.71. The summed E-state index contributed by atoms with van der Waals surface area (Å²) in [4.78, 5) is 27.3. The highest BCUT2D eigenvalue weighted by Gasteiger charge is 2.46. The predicted molar refractivity (Wildman–Crippen MR) is 124 cm³/mol. The second-order valence-electron chi connectivity index (χ2n) is 8.75. The number of urea groups is 1. The number of nitrogens with two attached hydrogens (primary N) is 1. The summed E-state index contributed by atoms with van der Waals surface area (Å²) in [5.74, 6) is -0.0898. The van der Waals surface area contributed by atoms with Crippen LogP contribution in [-0.2, 0) is 4.74 Å². The van der Waals surface area contributed by atoms with E-state index in [1.807, 2.05) is 36.2 Å². The van der Waals surface area contributed by atoms with Crippen molar-refractivity contribution >= 4 is 17.6 Å². The molecule has 2 aliphatic heterocycles. The Bertz CT molecular complexity index is 1180. The molecule has 33 heavy (non-hydrogen) atoms. The molecule has 3 unspecified atom stereocenters. The molecule has 5 rings (SSSR count). The molecule has 3 heterocycles. The molecule has 2 fully saturated rings. The predicted octanol–water partition coefficient (Wildman–Crippen LogP) is 3.32. The van der Waals surface area contributed by atoms with E-state index in [1.165, 1.54) is 5.56 Å². The molecule has 170 valence electrons. The van der Waals surface area contributed by atoms with Crippen molar-refractivity contribution in [1.29, 1.82) is 0 Å². The van der Waals surface area contributed by atoms with Gasteiger partial charge in [0.1, 0.15) is 0 Å². The number of nitrogens with one attached hydrogen (secondary N) is 1. The lowest BCUT2D eigenvalue weighted by molar-refractivity contribution is 0.0272. The Morgan fingerprint density at radius 1 is 1.18 bits per heavy atom. The minimum atomic E-state index is -0.552. The van der Waals surface area contributed by atoms with Crippen LogP contribution in [0.2, 0.25) is 0 Å². The number of amides is 3. The number of carbonyl (C=O) groups excluding carboxylic acids is 2. The average molecular weight is 446 g/mol. The molecule has 8 nitrogen and oxygen atoms in total. The first-order valence-corrected chi connectivity index (χ1v) is 11.2. The van der Waals surface area contributed by atoms with Crippen molar-refractivity contribution in [2.24, 2.45) is 11.7 Å². The largest absolute Gasteiger partial charge is 0.381 e. The number of nitrogens with zero attached hydrogens (tertiary/aromatic N) is 3. The molecule has 2 aromatic carbocycles. The molecule has 0 saturated carbocycles. The average Bonchev–Trinajstić information content (AvgIpc) is 3.43. The van der Waals surface area contributed by atoms with Crippen LogP contribution in [-0.4, -0.2) is 52.4 Å². The molecule has 2 saturated heterocycles. The summed E-state index contributed by atoms with van der Waals surface area (Å²) in [5, 5.41) is 7.40. The van der Waals surface area contributed by atoms with Gasteiger partial charge in [-0.15, -0.1) is 0 Å². The number of rotatable bonds is 4. The lowest BCUT2D eigenvalue weighted by Crippen LogP contribution is -2.44. The quantitative estimate of drug-likeness (QED) is 0.643. The highest BCUT2D eigenvalue weighted by Crippen LogP contribution is 2.41. The number of aryl methyl sites for hydroxylation is 1. The molecule has 8 heteroatoms. The monoisotopic (exact) mass is 445 g/mol. The van der Waals surface area contributed by atoms with Gasteiger partial charge in [0.2, 0.25) is 5.91 Å². The van der Waals surface area contributed by atoms with E-state index in [4.69, 9.17) is 10.5 Å². The van der Waals surface area contributed by atoms with E-state index in [9.17, 15) is 9.59 Å². The molecule has 0 radical (unpaired) electrons. The van der Waals surface area contributed by atoms with Gasteiger partial charge in [0.05, 0.1) is 24.2 Å². The Hall–Kier alpha value is -3.65. The van der Waals surface area contributed by atoms with E-state index >= 15 is 0 Å². The Labute approximate surface area is 192 Å². The highest BCUT2D eigenvalue weighted by molar-refractivity contribution is 5.97. The van der Waals surface area contributed by atoms with Crippen molar-refractivity contribution in [1.82, 2.24) is 14.7 Å². The molecular weight excluding hydrogens is 418 g/mol. The van der Waals surface area contributed by atoms with Crippen molar-refractivity contribution in [2.45, 2.75) is 25.3 Å². The molecule has 0 bridgehead atoms. The van der Waals surface area contributed by atoms with Crippen LogP contribution in [0.25, 0.3) is 5.69 Å². The summed E-state index contributed by atoms with van der Waals surface area (Å²) >= 11 is 0. The van der Waals surface area contributed by atoms with E-state index in [2.05, 4.69) is 22.5 Å². The zero-order chi connectivity index (χ0) is 22.9. The van der Waals surface area contributed by atoms with Gasteiger partial charge < -0.3 is 20.7 Å². The number of primary amides is 1. The van der Waals surface area contributed by atoms with Crippen molar-refractivity contribution < 1.29 is 14.3 Å². The zero-order valence-electron chi connectivity index (χ0n) is 18.5. The van der Waals surface area contributed by atoms with Crippen LogP contribution in [0.3, 0.4) is 0 Å². The standard InChI is InChI=1S/C25H27N5O3/c1-16-12-27-30(13-16)23-8-7-18(24(26)31)11-21(23)28-25(32)29-14-19(17-5-3-2-4-6-17)20-15-33-10-9-22(20)29/h2-8,11-13,19-20,22H,9-10,14-15H2,1H3,(H2,26,31)(H,28,32). The van der Waals surface area contributed by atoms with E-state index in [1.54, 1.807) is 29.1 Å². The van der Waals surface area contributed by atoms with Crippen LogP contribution in [0.15, 0.2) is 60.9 Å². The topological polar surface area (TPSA) is 102 Å². The summed E-state index contributed by atoms with van der Waals surface area (Å²) in [6.07, 6.45) is 4.41. The molecular formula is C25H27N5O3. The van der Waals surface area contributed by atoms with E-state index in [-0.39, 0.29) is 23.9 Å². The van der Waals surface area contributed by atoms with Crippen LogP contribution < -0.4 is 11.1 Å². The third-order valence-electron chi connectivity index (χ3n) is 6.64. The fourth-order valence-electron chi connectivity index (χ4n) is 5.01. The first-order valence-electron chi connectivity index (χ1n) is 11.2. The number of carbonyl (C=O) groups is 2. The van der Waals surface area contributed by atoms with Gasteiger partial charge in [0.25, 0.3) is 0 Å². The second-order valence-corrected chi connectivity index (χ2v) is 8.75. The number of ether oxygens (including phenoxy) is 1. The Kier molecular flexibility index (Phi) is 5.60. The highest BCUT2D eigenvalue weighted by atomic mass is 16.5. The Balaban J connectivity index is 1.45. The summed E-state index contributed by atoms with van der Waals surface area (Å²) in [6, 6.07) is 15.2. The van der Waals surface area contributed by atoms with Gasteiger partial charge >= 0.3 is 6.03 Å². The van der Waals surface area contributed by atoms with Crippen molar-refractivity contribution in [2.75, 3.05) is 25.1 Å². The molecule has 0 aliphatic carbocycles. The first-order chi connectivity index (χ1) is 16.0. The van der Waals surface area contributed by atoms with Gasteiger partial charge in [0, 0.05) is 42.8 Å². The normalized spacial score (nSPS) is 22.1. The number of aromatic nitrogens is 2. The van der Waals surface area contributed by atoms with Gasteiger partial charge in [-0.1, -0.05) is 30.3 Å². The molecule has 2 aliphatic rings. The van der Waals surface area contributed by atoms with Crippen molar-refractivity contribution in [3.63, 3.8) is 0 Å². The molecule has 3 aromatic rings. The summed E-state index contributed by atoms with van der Waals surface area (Å²) in [7, 11) is 0. The third-order valence-corrected chi connectivity index (χ3v) is 6.64. The Morgan fingerprint density at radius 3 is 2.73 bits per heavy atom. The number of hydrogen-bond donors (Lipinski definition) is 2. The number of anilines is 1. The molecule has 0 spiro atoms. The molecule has 3 N–H and O–H groups in total. The van der Waals surface area contributed by atoms with E-state index in [0.717, 1.165) is 12.0 Å². The summed E-state index contributed by atoms with van der Waals surface area (Å²) < 4.78 is 7.47. The maximum Gasteiger partial charge on any atom is 0.322 e. The summed E-state index contributed by atoms with van der Waals surface area (Å²) in [6.45, 7) is 3.84. The zero-order valence-corrected chi connectivity index (χ0v) is 18.5. The van der Waals surface area contributed by atoms with Crippen LogP contribution in [0, 0.1) is 12.8 Å². The molecule has 3 atom stereocenters. The fraction of sp³-hybridized carbons (Fsp3) is 0.320. The van der Waals surface area contributed by atoms with Crippen molar-refractivity contribution in [3.8, 4) is 5.69 Å². The number of hydrogen-bond acceptors (Lipinski definition) is 4. The minimum Gasteiger partial charge on any atom is -0.381 e. The van der Waals surface area contributed by atoms with Gasteiger partial charge in [-0.3, -0.25) is 4.79 Å². The van der Waals surface area contributed by atoms with Crippen LogP contribution in [0.1, 0.15) is 33.8 Å². The van der Waals surface area contributed by atoms with Gasteiger partial charge in [-0.2, -0.15) is 5.10 Å². The van der Waals surface area contributed by atoms with E-state index < -0.39 is 5.91 Å². The van der Waals surface area contributed by atoms with Crippen LogP contribution in [0.4, 0.5) is 10.5 Å². The van der Waals surface area contributed by atoms with E-state index in [0.29, 0.717) is 36.7 Å². The minimum absolute atomic E-state index is 0.0960. The summed E-state index contributed by atoms with van der Waals surface area (Å²) in [5.41, 5.74) is 9.19. The lowest BCUT2D eigenvalue weighted by Gasteiger charge is -2.32. The first kappa shape index (κ1) is 21.2. The number of likely N-dealkylation sites (tertiary alicyclic amines) is 1. The maximum atomic E-state index is 13.5. The fourth-order valence-corrected chi connectivity index (χ4v) is 5.01. The third kappa shape index (κ3) is 4.09. The number of fused-ring (bicyclic) bond motifs is 1. The molecule has 3 amide bonds. The Morgan fingerprint density at radius 2 is 2.00 bits per heavy atom. The van der Waals surface area contributed by atoms with Crippen molar-refractivity contribution in [3.05, 3.63) is 77.6 Å². The SMILES string of the molecule is Cc1cnn(-c2ccc(C(N)=O)cc2NC(=O)N2CC(c3ccccc3)C3COCCC32)c1. The van der Waals surface area contributed by atoms with Crippen LogP contribution in [0.5, 0.6) is 0 Å².